The summed E-state index contributed by atoms with van der Waals surface area (Å²) in [5.74, 6) is -0.837. The Labute approximate surface area is 202 Å². The summed E-state index contributed by atoms with van der Waals surface area (Å²) >= 11 is 17.5. The molecule has 174 valence electrons. The van der Waals surface area contributed by atoms with Crippen LogP contribution >= 0.6 is 34.8 Å². The molecule has 0 heterocycles. The van der Waals surface area contributed by atoms with Crippen LogP contribution in [0.1, 0.15) is 5.56 Å². The molecular weight excluding hydrogens is 524 g/mol. The third-order valence-corrected chi connectivity index (χ3v) is 6.86. The number of nitrogens with zero attached hydrogens (tertiary/aromatic N) is 1. The molecule has 0 aliphatic heterocycles. The lowest BCUT2D eigenvalue weighted by Gasteiger charge is -2.25. The molecule has 12 heteroatoms. The first-order valence-corrected chi connectivity index (χ1v) is 11.7. The van der Waals surface area contributed by atoms with Gasteiger partial charge in [0, 0.05) is 15.7 Å². The molecule has 3 aromatic carbocycles. The van der Waals surface area contributed by atoms with E-state index in [9.17, 15) is 26.4 Å². The monoisotopic (exact) mass is 536 g/mol. The Balaban J connectivity index is 2.04. The van der Waals surface area contributed by atoms with E-state index in [1.807, 2.05) is 0 Å². The number of amides is 1. The molecule has 3 rings (SSSR count). The second kappa shape index (κ2) is 9.80. The number of anilines is 2. The van der Waals surface area contributed by atoms with Gasteiger partial charge >= 0.3 is 6.18 Å². The molecule has 3 aromatic rings. The van der Waals surface area contributed by atoms with Gasteiger partial charge in [0.25, 0.3) is 10.0 Å². The molecule has 0 radical (unpaired) electrons. The average molecular weight is 538 g/mol. The van der Waals surface area contributed by atoms with E-state index >= 15 is 0 Å². The summed E-state index contributed by atoms with van der Waals surface area (Å²) in [6.45, 7) is -0.833. The number of hydrogen-bond donors (Lipinski definition) is 1. The summed E-state index contributed by atoms with van der Waals surface area (Å²) < 4.78 is 67.2. The van der Waals surface area contributed by atoms with Gasteiger partial charge in [0.15, 0.2) is 0 Å². The molecule has 0 fully saturated rings. The lowest BCUT2D eigenvalue weighted by atomic mass is 10.2. The van der Waals surface area contributed by atoms with Gasteiger partial charge in [-0.05, 0) is 48.5 Å². The quantitative estimate of drug-likeness (QED) is 0.390. The molecule has 1 N–H and O–H groups in total. The number of carbonyl (C=O) groups is 1. The maximum atomic E-state index is 13.4. The summed E-state index contributed by atoms with van der Waals surface area (Å²) in [6.07, 6.45) is -4.84. The molecule has 0 spiro atoms. The van der Waals surface area contributed by atoms with Crippen molar-refractivity contribution in [3.8, 4) is 0 Å². The molecule has 0 bridgehead atoms. The van der Waals surface area contributed by atoms with Crippen LogP contribution in [0.25, 0.3) is 0 Å². The van der Waals surface area contributed by atoms with Gasteiger partial charge in [0.1, 0.15) is 6.54 Å². The molecule has 0 unspecified atom stereocenters. The first-order valence-electron chi connectivity index (χ1n) is 9.08. The van der Waals surface area contributed by atoms with Gasteiger partial charge < -0.3 is 5.32 Å². The molecule has 0 aromatic heterocycles. The van der Waals surface area contributed by atoms with Crippen molar-refractivity contribution in [2.24, 2.45) is 0 Å². The Morgan fingerprint density at radius 1 is 0.909 bits per heavy atom. The normalized spacial score (nSPS) is 11.8. The lowest BCUT2D eigenvalue weighted by molar-refractivity contribution is -0.137. The predicted molar refractivity (Wildman–Crippen MR) is 123 cm³/mol. The number of sulfonamides is 1. The van der Waals surface area contributed by atoms with Gasteiger partial charge in [-0.15, -0.1) is 0 Å². The van der Waals surface area contributed by atoms with E-state index in [4.69, 9.17) is 34.8 Å². The van der Waals surface area contributed by atoms with Crippen LogP contribution in [0.4, 0.5) is 24.5 Å². The van der Waals surface area contributed by atoms with E-state index < -0.39 is 44.9 Å². The Bertz CT molecular complexity index is 1270. The number of rotatable bonds is 6. The fraction of sp³-hybridized carbons (Fsp3) is 0.0952. The number of nitrogens with one attached hydrogen (secondary N) is 1. The molecule has 0 aliphatic carbocycles. The van der Waals surface area contributed by atoms with E-state index in [0.717, 1.165) is 12.1 Å². The van der Waals surface area contributed by atoms with Crippen LogP contribution in [-0.4, -0.2) is 20.9 Å². The Morgan fingerprint density at radius 2 is 1.52 bits per heavy atom. The largest absolute Gasteiger partial charge is 0.417 e. The predicted octanol–water partition coefficient (Wildman–Crippen LogP) is 6.50. The van der Waals surface area contributed by atoms with Gasteiger partial charge in [-0.2, -0.15) is 13.2 Å². The summed E-state index contributed by atoms with van der Waals surface area (Å²) in [4.78, 5) is 12.5. The van der Waals surface area contributed by atoms with Gasteiger partial charge in [-0.1, -0.05) is 53.0 Å². The first kappa shape index (κ1) is 25.2. The van der Waals surface area contributed by atoms with Crippen LogP contribution in [0.15, 0.2) is 71.6 Å². The zero-order chi connectivity index (χ0) is 24.4. The molecule has 33 heavy (non-hydrogen) atoms. The number of alkyl halides is 3. The second-order valence-electron chi connectivity index (χ2n) is 6.69. The fourth-order valence-corrected chi connectivity index (χ4v) is 5.06. The van der Waals surface area contributed by atoms with Crippen LogP contribution < -0.4 is 9.62 Å². The van der Waals surface area contributed by atoms with E-state index in [2.05, 4.69) is 5.32 Å². The van der Waals surface area contributed by atoms with Crippen LogP contribution in [0, 0.1) is 0 Å². The highest BCUT2D eigenvalue weighted by molar-refractivity contribution is 7.92. The standard InChI is InChI=1S/C21H14Cl3F3N2O3S/c22-13-8-14(23)10-15(9-13)28-20(30)12-29(33(31,32)17-4-2-1-3-5-17)16-6-7-19(24)18(11-16)21(25,26)27/h1-11H,12H2,(H,28,30). The second-order valence-corrected chi connectivity index (χ2v) is 9.84. The molecule has 0 aliphatic rings. The number of benzene rings is 3. The van der Waals surface area contributed by atoms with Gasteiger partial charge in [0.05, 0.1) is 21.2 Å². The van der Waals surface area contributed by atoms with Crippen LogP contribution in [0.5, 0.6) is 0 Å². The summed E-state index contributed by atoms with van der Waals surface area (Å²) in [5, 5.41) is 2.27. The summed E-state index contributed by atoms with van der Waals surface area (Å²) in [7, 11) is -4.42. The minimum Gasteiger partial charge on any atom is -0.324 e. The molecule has 0 saturated carbocycles. The molecular formula is C21H14Cl3F3N2O3S. The molecule has 0 saturated heterocycles. The van der Waals surface area contributed by atoms with Crippen molar-refractivity contribution in [2.45, 2.75) is 11.1 Å². The Kier molecular flexibility index (Phi) is 7.48. The lowest BCUT2D eigenvalue weighted by Crippen LogP contribution is -2.38. The van der Waals surface area contributed by atoms with Crippen molar-refractivity contribution in [1.82, 2.24) is 0 Å². The van der Waals surface area contributed by atoms with E-state index in [-0.39, 0.29) is 20.6 Å². The van der Waals surface area contributed by atoms with Gasteiger partial charge in [0.2, 0.25) is 5.91 Å². The third kappa shape index (κ3) is 6.11. The number of halogens is 6. The zero-order valence-corrected chi connectivity index (χ0v) is 19.5. The molecule has 1 amide bonds. The van der Waals surface area contributed by atoms with Crippen molar-refractivity contribution < 1.29 is 26.4 Å². The maximum absolute atomic E-state index is 13.4. The minimum atomic E-state index is -4.84. The minimum absolute atomic E-state index is 0.182. The van der Waals surface area contributed by atoms with Crippen LogP contribution in [-0.2, 0) is 21.0 Å². The van der Waals surface area contributed by atoms with E-state index in [1.54, 1.807) is 6.07 Å². The van der Waals surface area contributed by atoms with E-state index in [0.29, 0.717) is 10.4 Å². The first-order chi connectivity index (χ1) is 15.4. The van der Waals surface area contributed by atoms with E-state index in [1.165, 1.54) is 42.5 Å². The fourth-order valence-electron chi connectivity index (χ4n) is 2.88. The van der Waals surface area contributed by atoms with Crippen molar-refractivity contribution in [1.29, 1.82) is 0 Å². The molecule has 0 atom stereocenters. The Morgan fingerprint density at radius 3 is 2.09 bits per heavy atom. The third-order valence-electron chi connectivity index (χ3n) is 4.31. The van der Waals surface area contributed by atoms with Crippen molar-refractivity contribution >= 4 is 62.1 Å². The zero-order valence-electron chi connectivity index (χ0n) is 16.4. The number of hydrogen-bond acceptors (Lipinski definition) is 3. The summed E-state index contributed by atoms with van der Waals surface area (Å²) in [5.41, 5.74) is -1.45. The number of carbonyl (C=O) groups excluding carboxylic acids is 1. The summed E-state index contributed by atoms with van der Waals surface area (Å²) in [6, 6.07) is 13.8. The SMILES string of the molecule is O=C(CN(c1ccc(Cl)c(C(F)(F)F)c1)S(=O)(=O)c1ccccc1)Nc1cc(Cl)cc(Cl)c1. The van der Waals surface area contributed by atoms with Crippen molar-refractivity contribution in [2.75, 3.05) is 16.2 Å². The highest BCUT2D eigenvalue weighted by Gasteiger charge is 2.35. The van der Waals surface area contributed by atoms with Crippen LogP contribution in [0.3, 0.4) is 0 Å². The van der Waals surface area contributed by atoms with Gasteiger partial charge in [-0.3, -0.25) is 9.10 Å². The van der Waals surface area contributed by atoms with Crippen LogP contribution in [0.2, 0.25) is 15.1 Å². The van der Waals surface area contributed by atoms with Gasteiger partial charge in [-0.25, -0.2) is 8.42 Å². The molecule has 5 nitrogen and oxygen atoms in total. The average Bonchev–Trinajstić information content (AvgIpc) is 2.71. The highest BCUT2D eigenvalue weighted by atomic mass is 35.5. The smallest absolute Gasteiger partial charge is 0.324 e. The Hall–Kier alpha value is -2.46. The van der Waals surface area contributed by atoms with Crippen molar-refractivity contribution in [3.63, 3.8) is 0 Å². The maximum Gasteiger partial charge on any atom is 0.417 e. The topological polar surface area (TPSA) is 66.5 Å². The highest BCUT2D eigenvalue weighted by Crippen LogP contribution is 2.38. The van der Waals surface area contributed by atoms with Crippen molar-refractivity contribution in [3.05, 3.63) is 87.4 Å².